The number of aliphatic hydroxyl groups is 1. The Hall–Kier alpha value is -1.80. The highest BCUT2D eigenvalue weighted by Gasteiger charge is 2.73. The van der Waals surface area contributed by atoms with Crippen molar-refractivity contribution in [3.8, 4) is 0 Å². The van der Waals surface area contributed by atoms with Crippen LogP contribution < -0.4 is 0 Å². The van der Waals surface area contributed by atoms with Gasteiger partial charge in [0.25, 0.3) is 0 Å². The van der Waals surface area contributed by atoms with Crippen molar-refractivity contribution in [1.82, 2.24) is 14.7 Å². The number of thioether (sulfide) groups is 1. The highest BCUT2D eigenvalue weighted by Crippen LogP contribution is 2.65. The average Bonchev–Trinajstić information content (AvgIpc) is 3.11. The fourth-order valence-electron chi connectivity index (χ4n) is 7.26. The van der Waals surface area contributed by atoms with Crippen LogP contribution in [-0.4, -0.2) is 91.9 Å². The van der Waals surface area contributed by atoms with Gasteiger partial charge in [-0.3, -0.25) is 14.4 Å². The number of rotatable bonds is 6. The van der Waals surface area contributed by atoms with Crippen LogP contribution in [0.25, 0.3) is 0 Å². The Kier molecular flexibility index (Phi) is 6.81. The van der Waals surface area contributed by atoms with Crippen LogP contribution in [0.3, 0.4) is 0 Å². The molecule has 35 heavy (non-hydrogen) atoms. The summed E-state index contributed by atoms with van der Waals surface area (Å²) in [5.41, 5.74) is 0. The van der Waals surface area contributed by atoms with Gasteiger partial charge in [0, 0.05) is 43.6 Å². The Bertz CT molecular complexity index is 931. The summed E-state index contributed by atoms with van der Waals surface area (Å²) in [6.45, 7) is 6.22. The Morgan fingerprint density at radius 1 is 0.971 bits per heavy atom. The maximum Gasteiger partial charge on any atom is 0.247 e. The van der Waals surface area contributed by atoms with E-state index < -0.39 is 27.4 Å². The van der Waals surface area contributed by atoms with Gasteiger partial charge in [-0.15, -0.1) is 11.8 Å². The molecule has 0 aromatic carbocycles. The first-order valence-corrected chi connectivity index (χ1v) is 14.3. The molecule has 0 aromatic rings. The van der Waals surface area contributed by atoms with E-state index in [0.29, 0.717) is 32.6 Å². The number of amides is 3. The minimum Gasteiger partial charge on any atom is -0.396 e. The zero-order valence-corrected chi connectivity index (χ0v) is 21.8. The summed E-state index contributed by atoms with van der Waals surface area (Å²) in [6.07, 6.45) is 15.2. The molecule has 0 aromatic heterocycles. The van der Waals surface area contributed by atoms with E-state index in [1.807, 2.05) is 9.80 Å². The fraction of sp³-hybridized carbons (Fsp3) is 0.741. The molecule has 0 bridgehead atoms. The van der Waals surface area contributed by atoms with Crippen LogP contribution >= 0.6 is 11.8 Å². The molecule has 1 saturated carbocycles. The van der Waals surface area contributed by atoms with E-state index in [1.165, 1.54) is 6.42 Å². The molecule has 7 nitrogen and oxygen atoms in total. The maximum atomic E-state index is 14.3. The monoisotopic (exact) mass is 501 g/mol. The molecule has 3 fully saturated rings. The van der Waals surface area contributed by atoms with Crippen molar-refractivity contribution >= 4 is 29.5 Å². The van der Waals surface area contributed by atoms with Crippen molar-refractivity contribution in [2.75, 3.05) is 32.8 Å². The third-order valence-electron chi connectivity index (χ3n) is 8.74. The SMILES string of the molecule is CCCN1CC=C[C@@]2(C)S[C@]34C=CCN(C5CCCCC5)C(=O)C3N(CCCO)C(=O)[C@@H]4[C@H]2C1=O. The molecule has 4 aliphatic heterocycles. The fourth-order valence-corrected chi connectivity index (χ4v) is 9.42. The summed E-state index contributed by atoms with van der Waals surface area (Å²) >= 11 is 1.65. The molecule has 4 heterocycles. The van der Waals surface area contributed by atoms with E-state index in [1.54, 1.807) is 16.7 Å². The van der Waals surface area contributed by atoms with E-state index >= 15 is 0 Å². The lowest BCUT2D eigenvalue weighted by Gasteiger charge is -2.40. The van der Waals surface area contributed by atoms with Crippen molar-refractivity contribution in [1.29, 1.82) is 0 Å². The number of fused-ring (bicyclic) bond motifs is 2. The molecule has 192 valence electrons. The summed E-state index contributed by atoms with van der Waals surface area (Å²) in [7, 11) is 0. The predicted molar refractivity (Wildman–Crippen MR) is 137 cm³/mol. The van der Waals surface area contributed by atoms with E-state index in [4.69, 9.17) is 0 Å². The first kappa shape index (κ1) is 24.9. The van der Waals surface area contributed by atoms with E-state index in [2.05, 4.69) is 38.2 Å². The minimum absolute atomic E-state index is 0.0186. The minimum atomic E-state index is -0.776. The van der Waals surface area contributed by atoms with Gasteiger partial charge in [-0.05, 0) is 32.6 Å². The van der Waals surface area contributed by atoms with Crippen LogP contribution in [0.1, 0.15) is 58.8 Å². The van der Waals surface area contributed by atoms with Crippen LogP contribution in [-0.2, 0) is 14.4 Å². The molecular formula is C27H39N3O4S. The lowest BCUT2D eigenvalue weighted by atomic mass is 9.74. The summed E-state index contributed by atoms with van der Waals surface area (Å²) in [5.74, 6) is -1.15. The number of carbonyl (C=O) groups is 3. The number of nitrogens with zero attached hydrogens (tertiary/aromatic N) is 3. The van der Waals surface area contributed by atoms with E-state index in [9.17, 15) is 19.5 Å². The van der Waals surface area contributed by atoms with Crippen molar-refractivity contribution in [2.45, 2.75) is 80.4 Å². The van der Waals surface area contributed by atoms with Gasteiger partial charge in [-0.25, -0.2) is 0 Å². The first-order chi connectivity index (χ1) is 16.9. The van der Waals surface area contributed by atoms with Crippen molar-refractivity contribution < 1.29 is 19.5 Å². The largest absolute Gasteiger partial charge is 0.396 e. The second-order valence-electron chi connectivity index (χ2n) is 11.0. The van der Waals surface area contributed by atoms with Gasteiger partial charge in [-0.1, -0.05) is 50.5 Å². The highest BCUT2D eigenvalue weighted by atomic mass is 32.2. The van der Waals surface area contributed by atoms with Crippen LogP contribution in [0.2, 0.25) is 0 Å². The Labute approximate surface area is 213 Å². The molecular weight excluding hydrogens is 462 g/mol. The number of aliphatic hydroxyl groups excluding tert-OH is 1. The lowest BCUT2D eigenvalue weighted by molar-refractivity contribution is -0.145. The van der Waals surface area contributed by atoms with Gasteiger partial charge in [0.15, 0.2) is 0 Å². The topological polar surface area (TPSA) is 81.2 Å². The van der Waals surface area contributed by atoms with E-state index in [0.717, 1.165) is 32.1 Å². The number of hydrogen-bond acceptors (Lipinski definition) is 5. The van der Waals surface area contributed by atoms with Crippen molar-refractivity contribution in [2.24, 2.45) is 11.8 Å². The molecule has 1 aliphatic carbocycles. The molecule has 2 saturated heterocycles. The van der Waals surface area contributed by atoms with Gasteiger partial charge in [0.05, 0.1) is 16.6 Å². The number of likely N-dealkylation sites (tertiary alicyclic amines) is 1. The molecule has 1 spiro atoms. The second kappa shape index (κ2) is 9.58. The summed E-state index contributed by atoms with van der Waals surface area (Å²) in [5, 5.41) is 9.57. The van der Waals surface area contributed by atoms with Gasteiger partial charge >= 0.3 is 0 Å². The zero-order chi connectivity index (χ0) is 24.8. The molecule has 5 atom stereocenters. The van der Waals surface area contributed by atoms with Crippen LogP contribution in [0.5, 0.6) is 0 Å². The Morgan fingerprint density at radius 2 is 1.71 bits per heavy atom. The van der Waals surface area contributed by atoms with Gasteiger partial charge < -0.3 is 19.8 Å². The lowest BCUT2D eigenvalue weighted by Crippen LogP contribution is -2.55. The van der Waals surface area contributed by atoms with Gasteiger partial charge in [0.2, 0.25) is 17.7 Å². The number of carbonyl (C=O) groups excluding carboxylic acids is 3. The van der Waals surface area contributed by atoms with Gasteiger partial charge in [0.1, 0.15) is 6.04 Å². The van der Waals surface area contributed by atoms with Crippen LogP contribution in [0, 0.1) is 11.8 Å². The first-order valence-electron chi connectivity index (χ1n) is 13.4. The van der Waals surface area contributed by atoms with Crippen LogP contribution in [0.4, 0.5) is 0 Å². The molecule has 1 unspecified atom stereocenters. The smallest absolute Gasteiger partial charge is 0.247 e. The quantitative estimate of drug-likeness (QED) is 0.566. The molecule has 3 amide bonds. The molecule has 1 N–H and O–H groups in total. The maximum absolute atomic E-state index is 14.3. The standard InChI is InChI=1S/C27H39N3O4S/c1-3-14-28-15-7-12-26(2)20(23(28)32)21-24(33)30(17-9-18-31)22-25(34)29(19-10-5-4-6-11-19)16-8-13-27(21,22)35-26/h7-8,12-13,19-22,31H,3-6,9-11,14-18H2,1-2H3/t20-,21-,22?,26+,27-/m0/s1. The zero-order valence-electron chi connectivity index (χ0n) is 21.0. The van der Waals surface area contributed by atoms with Gasteiger partial charge in [-0.2, -0.15) is 0 Å². The summed E-state index contributed by atoms with van der Waals surface area (Å²) < 4.78 is -1.33. The molecule has 8 heteroatoms. The highest BCUT2D eigenvalue weighted by molar-refractivity contribution is 8.02. The third kappa shape index (κ3) is 3.86. The van der Waals surface area contributed by atoms with E-state index in [-0.39, 0.29) is 30.4 Å². The van der Waals surface area contributed by atoms with Crippen molar-refractivity contribution in [3.63, 3.8) is 0 Å². The third-order valence-corrected chi connectivity index (χ3v) is 10.5. The second-order valence-corrected chi connectivity index (χ2v) is 12.8. The average molecular weight is 502 g/mol. The Balaban J connectivity index is 1.59. The predicted octanol–water partition coefficient (Wildman–Crippen LogP) is 2.60. The summed E-state index contributed by atoms with van der Waals surface area (Å²) in [4.78, 5) is 48.0. The van der Waals surface area contributed by atoms with Crippen LogP contribution in [0.15, 0.2) is 24.3 Å². The number of hydrogen-bond donors (Lipinski definition) is 1. The molecule has 5 aliphatic rings. The molecule has 5 rings (SSSR count). The normalized spacial score (nSPS) is 37.4. The van der Waals surface area contributed by atoms with Crippen molar-refractivity contribution in [3.05, 3.63) is 24.3 Å². The summed E-state index contributed by atoms with van der Waals surface area (Å²) in [6, 6.07) is -0.430. The Morgan fingerprint density at radius 3 is 2.43 bits per heavy atom. The molecule has 0 radical (unpaired) electrons.